The summed E-state index contributed by atoms with van der Waals surface area (Å²) in [6.45, 7) is 6.46. The fourth-order valence-corrected chi connectivity index (χ4v) is 6.31. The standard InChI is InChI=1S/C29H40N4/c1-21-11-10-16-26-27(21)29-28(22-12-6-5-7-13-22)24-14-8-9-15-25(24)33(29)20-23(32(26)4)19-31(3)18-17-30-2/h8-11,14-16,22-23,30H,5-7,12-13,17-20H2,1-4H3. The van der Waals surface area contributed by atoms with Gasteiger partial charge in [-0.3, -0.25) is 0 Å². The summed E-state index contributed by atoms with van der Waals surface area (Å²) in [6.07, 6.45) is 6.78. The summed E-state index contributed by atoms with van der Waals surface area (Å²) in [4.78, 5) is 5.04. The van der Waals surface area contributed by atoms with E-state index >= 15 is 0 Å². The van der Waals surface area contributed by atoms with Crippen molar-refractivity contribution in [2.24, 2.45) is 0 Å². The molecule has 2 aliphatic rings. The van der Waals surface area contributed by atoms with Crippen LogP contribution in [-0.4, -0.2) is 56.3 Å². The number of hydrogen-bond donors (Lipinski definition) is 1. The minimum atomic E-state index is 0.420. The number of aromatic nitrogens is 1. The molecule has 0 bridgehead atoms. The lowest BCUT2D eigenvalue weighted by atomic mass is 9.81. The molecule has 1 atom stereocenters. The number of nitrogens with zero attached hydrogens (tertiary/aromatic N) is 3. The molecule has 2 aromatic carbocycles. The number of aryl methyl sites for hydroxylation is 1. The minimum Gasteiger partial charge on any atom is -0.368 e. The van der Waals surface area contributed by atoms with Crippen LogP contribution in [0.4, 0.5) is 5.69 Å². The Morgan fingerprint density at radius 2 is 1.82 bits per heavy atom. The first kappa shape index (κ1) is 22.5. The molecule has 5 rings (SSSR count). The molecule has 4 nitrogen and oxygen atoms in total. The van der Waals surface area contributed by atoms with Gasteiger partial charge in [0.25, 0.3) is 0 Å². The minimum absolute atomic E-state index is 0.420. The second kappa shape index (κ2) is 9.52. The Hall–Kier alpha value is -2.30. The maximum atomic E-state index is 3.30. The number of hydrogen-bond acceptors (Lipinski definition) is 3. The van der Waals surface area contributed by atoms with Crippen LogP contribution >= 0.6 is 0 Å². The highest BCUT2D eigenvalue weighted by atomic mass is 15.2. The first-order valence-electron chi connectivity index (χ1n) is 12.9. The van der Waals surface area contributed by atoms with Crippen molar-refractivity contribution < 1.29 is 0 Å². The van der Waals surface area contributed by atoms with Gasteiger partial charge in [0.05, 0.1) is 11.7 Å². The van der Waals surface area contributed by atoms with Gasteiger partial charge < -0.3 is 19.7 Å². The lowest BCUT2D eigenvalue weighted by Gasteiger charge is -2.33. The highest BCUT2D eigenvalue weighted by Gasteiger charge is 2.33. The smallest absolute Gasteiger partial charge is 0.0593 e. The molecule has 1 aliphatic carbocycles. The fourth-order valence-electron chi connectivity index (χ4n) is 6.31. The molecule has 1 aromatic heterocycles. The van der Waals surface area contributed by atoms with Crippen LogP contribution in [-0.2, 0) is 6.54 Å². The number of anilines is 1. The van der Waals surface area contributed by atoms with Crippen molar-refractivity contribution in [2.45, 2.75) is 57.5 Å². The second-order valence-corrected chi connectivity index (χ2v) is 10.3. The highest BCUT2D eigenvalue weighted by Crippen LogP contribution is 2.48. The summed E-state index contributed by atoms with van der Waals surface area (Å²) in [5.41, 5.74) is 8.78. The summed E-state index contributed by atoms with van der Waals surface area (Å²) >= 11 is 0. The van der Waals surface area contributed by atoms with Gasteiger partial charge in [0.15, 0.2) is 0 Å². The zero-order valence-electron chi connectivity index (χ0n) is 20.9. The molecule has 0 spiro atoms. The van der Waals surface area contributed by atoms with E-state index in [1.807, 2.05) is 7.05 Å². The van der Waals surface area contributed by atoms with Gasteiger partial charge in [0.2, 0.25) is 0 Å². The van der Waals surface area contributed by atoms with Crippen LogP contribution in [0.5, 0.6) is 0 Å². The Bertz CT molecular complexity index is 1110. The van der Waals surface area contributed by atoms with Crippen molar-refractivity contribution in [2.75, 3.05) is 45.7 Å². The molecule has 176 valence electrons. The number of rotatable bonds is 6. The van der Waals surface area contributed by atoms with Crippen molar-refractivity contribution in [3.05, 3.63) is 53.6 Å². The molecule has 1 N–H and O–H groups in total. The highest BCUT2D eigenvalue weighted by molar-refractivity contribution is 5.96. The van der Waals surface area contributed by atoms with Gasteiger partial charge in [-0.05, 0) is 63.0 Å². The summed E-state index contributed by atoms with van der Waals surface area (Å²) < 4.78 is 2.69. The molecule has 3 aromatic rings. The van der Waals surface area contributed by atoms with E-state index in [-0.39, 0.29) is 0 Å². The fraction of sp³-hybridized carbons (Fsp3) is 0.517. The van der Waals surface area contributed by atoms with Crippen molar-refractivity contribution >= 4 is 16.6 Å². The normalized spacial score (nSPS) is 19.1. The number of para-hydroxylation sites is 1. The van der Waals surface area contributed by atoms with Gasteiger partial charge in [-0.1, -0.05) is 49.6 Å². The molecular weight excluding hydrogens is 404 g/mol. The molecule has 1 saturated carbocycles. The Kier molecular flexibility index (Phi) is 6.49. The van der Waals surface area contributed by atoms with Crippen LogP contribution in [0.1, 0.15) is 49.1 Å². The molecular formula is C29H40N4. The van der Waals surface area contributed by atoms with E-state index < -0.39 is 0 Å². The largest absolute Gasteiger partial charge is 0.368 e. The number of nitrogens with one attached hydrogen (secondary N) is 1. The first-order valence-corrected chi connectivity index (χ1v) is 12.9. The van der Waals surface area contributed by atoms with Crippen molar-refractivity contribution in [3.8, 4) is 11.3 Å². The second-order valence-electron chi connectivity index (χ2n) is 10.3. The topological polar surface area (TPSA) is 23.4 Å². The number of fused-ring (bicyclic) bond motifs is 5. The molecule has 1 aliphatic heterocycles. The Labute approximate surface area is 199 Å². The van der Waals surface area contributed by atoms with Crippen LogP contribution in [0.2, 0.25) is 0 Å². The predicted molar refractivity (Wildman–Crippen MR) is 142 cm³/mol. The van der Waals surface area contributed by atoms with Crippen LogP contribution in [0.25, 0.3) is 22.2 Å². The van der Waals surface area contributed by atoms with E-state index in [9.17, 15) is 0 Å². The third kappa shape index (κ3) is 4.08. The van der Waals surface area contributed by atoms with E-state index in [2.05, 4.69) is 83.2 Å². The Morgan fingerprint density at radius 1 is 1.03 bits per heavy atom. The van der Waals surface area contributed by atoms with Crippen molar-refractivity contribution in [1.29, 1.82) is 0 Å². The van der Waals surface area contributed by atoms with E-state index in [0.29, 0.717) is 12.0 Å². The maximum absolute atomic E-state index is 3.30. The monoisotopic (exact) mass is 444 g/mol. The van der Waals surface area contributed by atoms with Gasteiger partial charge in [-0.2, -0.15) is 0 Å². The van der Waals surface area contributed by atoms with Crippen LogP contribution in [0.3, 0.4) is 0 Å². The zero-order chi connectivity index (χ0) is 22.9. The van der Waals surface area contributed by atoms with Crippen molar-refractivity contribution in [3.63, 3.8) is 0 Å². The molecule has 33 heavy (non-hydrogen) atoms. The first-order chi connectivity index (χ1) is 16.1. The molecule has 2 heterocycles. The maximum Gasteiger partial charge on any atom is 0.0593 e. The Balaban J connectivity index is 1.71. The van der Waals surface area contributed by atoms with Gasteiger partial charge in [0, 0.05) is 55.4 Å². The summed E-state index contributed by atoms with van der Waals surface area (Å²) in [5.74, 6) is 0.674. The lowest BCUT2D eigenvalue weighted by Crippen LogP contribution is -2.44. The van der Waals surface area contributed by atoms with Gasteiger partial charge in [0.1, 0.15) is 0 Å². The summed E-state index contributed by atoms with van der Waals surface area (Å²) in [5, 5.41) is 4.79. The zero-order valence-corrected chi connectivity index (χ0v) is 20.9. The van der Waals surface area contributed by atoms with Crippen molar-refractivity contribution in [1.82, 2.24) is 14.8 Å². The summed E-state index contributed by atoms with van der Waals surface area (Å²) in [6, 6.07) is 16.5. The van der Waals surface area contributed by atoms with Crippen LogP contribution in [0.15, 0.2) is 42.5 Å². The van der Waals surface area contributed by atoms with Gasteiger partial charge in [-0.25, -0.2) is 0 Å². The molecule has 1 fully saturated rings. The molecule has 1 unspecified atom stereocenters. The average Bonchev–Trinajstić information content (AvgIpc) is 3.09. The van der Waals surface area contributed by atoms with E-state index in [1.165, 1.54) is 65.5 Å². The quantitative estimate of drug-likeness (QED) is 0.533. The average molecular weight is 445 g/mol. The lowest BCUT2D eigenvalue weighted by molar-refractivity contribution is 0.298. The SMILES string of the molecule is CNCCN(C)CC1Cn2c(c(C3CCCCC3)c3ccccc32)-c2c(C)cccc2N1C. The molecule has 0 saturated heterocycles. The third-order valence-electron chi connectivity index (χ3n) is 8.10. The number of benzene rings is 2. The van der Waals surface area contributed by atoms with E-state index in [4.69, 9.17) is 0 Å². The van der Waals surface area contributed by atoms with Gasteiger partial charge in [-0.15, -0.1) is 0 Å². The third-order valence-corrected chi connectivity index (χ3v) is 8.10. The van der Waals surface area contributed by atoms with E-state index in [0.717, 1.165) is 26.2 Å². The molecule has 0 amide bonds. The molecule has 0 radical (unpaired) electrons. The van der Waals surface area contributed by atoms with Crippen LogP contribution in [0, 0.1) is 6.92 Å². The van der Waals surface area contributed by atoms with Gasteiger partial charge >= 0.3 is 0 Å². The number of likely N-dealkylation sites (N-methyl/N-ethyl adjacent to an activating group) is 3. The summed E-state index contributed by atoms with van der Waals surface area (Å²) in [7, 11) is 6.61. The predicted octanol–water partition coefficient (Wildman–Crippen LogP) is 5.63. The van der Waals surface area contributed by atoms with E-state index in [1.54, 1.807) is 5.56 Å². The molecule has 4 heteroatoms. The Morgan fingerprint density at radius 3 is 2.61 bits per heavy atom. The van der Waals surface area contributed by atoms with Crippen LogP contribution < -0.4 is 10.2 Å².